The number of hydrogen-bond acceptors (Lipinski definition) is 14. The Bertz CT molecular complexity index is 1980. The van der Waals surface area contributed by atoms with Crippen molar-refractivity contribution in [3.05, 3.63) is 86.5 Å². The van der Waals surface area contributed by atoms with E-state index >= 15 is 0 Å². The first kappa shape index (κ1) is 38.5. The first-order valence-electron chi connectivity index (χ1n) is 16.6. The van der Waals surface area contributed by atoms with Gasteiger partial charge in [-0.1, -0.05) is 0 Å². The van der Waals surface area contributed by atoms with Gasteiger partial charge in [-0.15, -0.1) is 0 Å². The van der Waals surface area contributed by atoms with Crippen LogP contribution in [0.25, 0.3) is 0 Å². The smallest absolute Gasteiger partial charge is 0.306 e. The van der Waals surface area contributed by atoms with Crippen LogP contribution in [-0.2, 0) is 22.5 Å². The van der Waals surface area contributed by atoms with Gasteiger partial charge in [0.2, 0.25) is 16.9 Å². The van der Waals surface area contributed by atoms with Crippen LogP contribution in [0, 0.1) is 0 Å². The summed E-state index contributed by atoms with van der Waals surface area (Å²) in [5.74, 6) is 1.33. The fourth-order valence-electron chi connectivity index (χ4n) is 6.81. The van der Waals surface area contributed by atoms with Gasteiger partial charge < -0.3 is 52.2 Å². The molecular weight excluding hydrogens is 690 g/mol. The molecule has 0 radical (unpaired) electrons. The second-order valence-electron chi connectivity index (χ2n) is 12.1. The Morgan fingerprint density at radius 1 is 0.736 bits per heavy atom. The summed E-state index contributed by atoms with van der Waals surface area (Å²) >= 11 is 0. The number of aromatic hydroxyl groups is 1. The number of hydrogen-bond donors (Lipinski definition) is 1. The third-order valence-corrected chi connectivity index (χ3v) is 9.36. The molecule has 0 amide bonds. The largest absolute Gasteiger partial charge is 0.502 e. The molecule has 0 fully saturated rings. The number of esters is 1. The normalized spacial score (nSPS) is 14.4. The number of carbonyl (C=O) groups is 1. The van der Waals surface area contributed by atoms with Gasteiger partial charge in [0.25, 0.3) is 0 Å². The summed E-state index contributed by atoms with van der Waals surface area (Å²) < 4.78 is 56.4. The molecule has 0 saturated heterocycles. The van der Waals surface area contributed by atoms with Crippen LogP contribution in [0.2, 0.25) is 0 Å². The van der Waals surface area contributed by atoms with Crippen LogP contribution in [0.4, 0.5) is 0 Å². The van der Waals surface area contributed by atoms with E-state index in [-0.39, 0.29) is 24.5 Å². The molecule has 1 aliphatic heterocycles. The molecule has 14 nitrogen and oxygen atoms in total. The Kier molecular flexibility index (Phi) is 12.1. The molecule has 0 saturated carbocycles. The van der Waals surface area contributed by atoms with Crippen molar-refractivity contribution in [1.82, 2.24) is 4.90 Å². The molecule has 2 atom stereocenters. The maximum Gasteiger partial charge on any atom is 0.306 e. The zero-order valence-electron chi connectivity index (χ0n) is 31.3. The van der Waals surface area contributed by atoms with E-state index in [0.717, 1.165) is 16.7 Å². The quantitative estimate of drug-likeness (QED) is 0.158. The summed E-state index contributed by atoms with van der Waals surface area (Å²) in [6, 6.07) is 11.7. The molecule has 4 aromatic rings. The molecule has 1 aliphatic rings. The van der Waals surface area contributed by atoms with E-state index in [4.69, 9.17) is 47.0 Å². The minimum Gasteiger partial charge on any atom is -0.502 e. The first-order valence-corrected chi connectivity index (χ1v) is 16.6. The Morgan fingerprint density at radius 2 is 1.30 bits per heavy atom. The molecule has 0 bridgehead atoms. The van der Waals surface area contributed by atoms with E-state index in [1.54, 1.807) is 40.6 Å². The second kappa shape index (κ2) is 16.7. The highest BCUT2D eigenvalue weighted by molar-refractivity contribution is 5.72. The van der Waals surface area contributed by atoms with E-state index in [2.05, 4.69) is 4.90 Å². The van der Waals surface area contributed by atoms with Crippen molar-refractivity contribution in [3.63, 3.8) is 0 Å². The van der Waals surface area contributed by atoms with Gasteiger partial charge in [0.05, 0.1) is 88.9 Å². The Balaban J connectivity index is 1.68. The van der Waals surface area contributed by atoms with E-state index in [1.165, 1.54) is 41.6 Å². The Hall–Kier alpha value is -5.76. The number of fused-ring (bicyclic) bond motifs is 1. The number of methoxy groups -OCH3 is 9. The number of rotatable bonds is 15. The molecule has 0 aliphatic carbocycles. The van der Waals surface area contributed by atoms with Gasteiger partial charge >= 0.3 is 5.97 Å². The summed E-state index contributed by atoms with van der Waals surface area (Å²) in [5.41, 5.74) is 2.46. The number of nitrogens with zero attached hydrogens (tertiary/aromatic N) is 1. The van der Waals surface area contributed by atoms with Crippen LogP contribution >= 0.6 is 0 Å². The number of carbonyl (C=O) groups excluding carboxylic acids is 1. The highest BCUT2D eigenvalue weighted by atomic mass is 16.5. The van der Waals surface area contributed by atoms with E-state index in [0.29, 0.717) is 64.5 Å². The average Bonchev–Trinajstić information content (AvgIpc) is 3.19. The average molecular weight is 736 g/mol. The third kappa shape index (κ3) is 7.58. The van der Waals surface area contributed by atoms with Gasteiger partial charge in [0, 0.05) is 24.2 Å². The lowest BCUT2D eigenvalue weighted by Gasteiger charge is -2.38. The highest BCUT2D eigenvalue weighted by Gasteiger charge is 2.35. The summed E-state index contributed by atoms with van der Waals surface area (Å²) in [7, 11) is 13.4. The maximum atomic E-state index is 13.5. The predicted molar refractivity (Wildman–Crippen MR) is 193 cm³/mol. The van der Waals surface area contributed by atoms with Gasteiger partial charge in [0.15, 0.2) is 40.3 Å². The minimum atomic E-state index is -1.02. The van der Waals surface area contributed by atoms with E-state index in [1.807, 2.05) is 24.3 Å². The lowest BCUT2D eigenvalue weighted by Crippen LogP contribution is -2.36. The van der Waals surface area contributed by atoms with Crippen LogP contribution < -0.4 is 43.3 Å². The van der Waals surface area contributed by atoms with Crippen molar-refractivity contribution in [3.8, 4) is 51.7 Å². The van der Waals surface area contributed by atoms with Crippen LogP contribution in [0.5, 0.6) is 51.7 Å². The van der Waals surface area contributed by atoms with Crippen molar-refractivity contribution >= 4 is 5.97 Å². The molecule has 2 heterocycles. The summed E-state index contributed by atoms with van der Waals surface area (Å²) in [4.78, 5) is 28.5. The van der Waals surface area contributed by atoms with Gasteiger partial charge in [-0.25, -0.2) is 0 Å². The zero-order chi connectivity index (χ0) is 38.4. The molecule has 14 heteroatoms. The lowest BCUT2D eigenvalue weighted by atomic mass is 9.87. The number of ether oxygens (including phenoxy) is 9. The van der Waals surface area contributed by atoms with Crippen LogP contribution in [0.1, 0.15) is 52.2 Å². The summed E-state index contributed by atoms with van der Waals surface area (Å²) in [6.07, 6.45) is 0.328. The molecule has 1 aromatic heterocycles. The van der Waals surface area contributed by atoms with Crippen LogP contribution in [-0.4, -0.2) is 86.5 Å². The predicted octanol–water partition coefficient (Wildman–Crippen LogP) is 5.26. The van der Waals surface area contributed by atoms with Crippen LogP contribution in [0.15, 0.2) is 51.7 Å². The fraction of sp³-hybridized carbons (Fsp3) is 0.385. The third-order valence-electron chi connectivity index (χ3n) is 9.36. The molecule has 53 heavy (non-hydrogen) atoms. The van der Waals surface area contributed by atoms with Gasteiger partial charge in [-0.05, 0) is 53.4 Å². The van der Waals surface area contributed by atoms with Crippen molar-refractivity contribution < 1.29 is 56.9 Å². The lowest BCUT2D eigenvalue weighted by molar-refractivity contribution is -0.140. The van der Waals surface area contributed by atoms with E-state index < -0.39 is 29.1 Å². The highest BCUT2D eigenvalue weighted by Crippen LogP contribution is 2.47. The minimum absolute atomic E-state index is 0.117. The molecule has 0 unspecified atom stereocenters. The van der Waals surface area contributed by atoms with Gasteiger partial charge in [-0.2, -0.15) is 0 Å². The Morgan fingerprint density at radius 3 is 1.87 bits per heavy atom. The number of benzene rings is 3. The van der Waals surface area contributed by atoms with Crippen molar-refractivity contribution in [2.24, 2.45) is 0 Å². The topological polar surface area (TPSA) is 154 Å². The molecule has 1 N–H and O–H groups in total. The molecule has 284 valence electrons. The second-order valence-corrected chi connectivity index (χ2v) is 12.1. The maximum absolute atomic E-state index is 13.5. The molecular formula is C39H45NO13. The Labute approximate surface area is 307 Å². The fourth-order valence-corrected chi connectivity index (χ4v) is 6.81. The van der Waals surface area contributed by atoms with Crippen LogP contribution in [0.3, 0.4) is 0 Å². The molecule has 0 spiro atoms. The van der Waals surface area contributed by atoms with E-state index in [9.17, 15) is 14.7 Å². The molecule has 5 rings (SSSR count). The van der Waals surface area contributed by atoms with Crippen molar-refractivity contribution in [2.75, 3.05) is 70.5 Å². The SMILES string of the molecule is COC(=O)C[C@@H](c1cc(OC)c(OC)cc1OC)c1oc(CN2CCc3cc(OC)c(OC)cc3[C@H]2c2cc(OC)c(OC)c(OC)c2)cc(=O)c1O. The monoisotopic (exact) mass is 735 g/mol. The van der Waals surface area contributed by atoms with Crippen molar-refractivity contribution in [1.29, 1.82) is 0 Å². The standard InChI is InChI=1S/C39H45NO13/c1-44-28-19-32(48-5)31(47-4)17-25(28)26(18-35(42)51-8)38-37(43)27(41)15-23(53-38)20-40-11-10-21-12-29(45-2)30(46-3)16-24(21)36(40)22-13-33(49-6)39(52-9)34(14-22)50-7/h12-17,19,26,36,43H,10-11,18,20H2,1-9H3/t26-,36+/m0/s1. The van der Waals surface area contributed by atoms with Gasteiger partial charge in [-0.3, -0.25) is 14.5 Å². The first-order chi connectivity index (χ1) is 25.6. The zero-order valence-corrected chi connectivity index (χ0v) is 31.3. The molecule has 3 aromatic carbocycles. The summed E-state index contributed by atoms with van der Waals surface area (Å²) in [5, 5.41) is 11.2. The summed E-state index contributed by atoms with van der Waals surface area (Å²) in [6.45, 7) is 0.643. The van der Waals surface area contributed by atoms with Crippen molar-refractivity contribution in [2.45, 2.75) is 31.3 Å². The van der Waals surface area contributed by atoms with Gasteiger partial charge in [0.1, 0.15) is 11.5 Å².